The second-order valence-electron chi connectivity index (χ2n) is 12.8. The van der Waals surface area contributed by atoms with Crippen LogP contribution in [0.25, 0.3) is 76.5 Å². The van der Waals surface area contributed by atoms with Crippen molar-refractivity contribution in [3.63, 3.8) is 0 Å². The molecule has 10 aromatic rings. The Morgan fingerprint density at radius 1 is 0.400 bits per heavy atom. The third-order valence-electron chi connectivity index (χ3n) is 9.92. The maximum absolute atomic E-state index is 6.71. The van der Waals surface area contributed by atoms with Gasteiger partial charge in [-0.3, -0.25) is 4.98 Å². The summed E-state index contributed by atoms with van der Waals surface area (Å²) >= 11 is 0. The second-order valence-corrected chi connectivity index (χ2v) is 12.8. The van der Waals surface area contributed by atoms with Gasteiger partial charge in [0.15, 0.2) is 5.58 Å². The molecule has 2 aromatic heterocycles. The lowest BCUT2D eigenvalue weighted by Gasteiger charge is -2.27. The summed E-state index contributed by atoms with van der Waals surface area (Å²) in [4.78, 5) is 6.91. The molecule has 0 bridgehead atoms. The third-order valence-corrected chi connectivity index (χ3v) is 9.92. The van der Waals surface area contributed by atoms with Crippen molar-refractivity contribution in [2.75, 3.05) is 4.90 Å². The van der Waals surface area contributed by atoms with Gasteiger partial charge in [0, 0.05) is 39.9 Å². The van der Waals surface area contributed by atoms with Gasteiger partial charge in [0.1, 0.15) is 5.58 Å². The number of para-hydroxylation sites is 1. The van der Waals surface area contributed by atoms with Crippen LogP contribution in [0.2, 0.25) is 0 Å². The number of hydrogen-bond acceptors (Lipinski definition) is 3. The zero-order valence-corrected chi connectivity index (χ0v) is 27.1. The minimum atomic E-state index is 0.837. The molecule has 0 amide bonds. The molecule has 0 atom stereocenters. The van der Waals surface area contributed by atoms with Crippen molar-refractivity contribution in [1.29, 1.82) is 0 Å². The van der Waals surface area contributed by atoms with Crippen LogP contribution in [0, 0.1) is 0 Å². The quantitative estimate of drug-likeness (QED) is 0.176. The van der Waals surface area contributed by atoms with Crippen molar-refractivity contribution < 1.29 is 4.42 Å². The smallest absolute Gasteiger partial charge is 0.160 e. The second kappa shape index (κ2) is 11.5. The number of furan rings is 1. The van der Waals surface area contributed by atoms with Crippen LogP contribution < -0.4 is 4.90 Å². The van der Waals surface area contributed by atoms with E-state index in [9.17, 15) is 0 Å². The Bertz CT molecular complexity index is 2850. The van der Waals surface area contributed by atoms with E-state index in [0.29, 0.717) is 0 Å². The lowest BCUT2D eigenvalue weighted by molar-refractivity contribution is 0.669. The maximum Gasteiger partial charge on any atom is 0.160 e. The van der Waals surface area contributed by atoms with Gasteiger partial charge in [-0.2, -0.15) is 0 Å². The van der Waals surface area contributed by atoms with Crippen LogP contribution in [0.15, 0.2) is 187 Å². The van der Waals surface area contributed by atoms with E-state index in [1.54, 1.807) is 0 Å². The summed E-state index contributed by atoms with van der Waals surface area (Å²) in [7, 11) is 0. The van der Waals surface area contributed by atoms with Crippen molar-refractivity contribution in [2.45, 2.75) is 0 Å². The topological polar surface area (TPSA) is 29.3 Å². The fourth-order valence-electron chi connectivity index (χ4n) is 7.44. The van der Waals surface area contributed by atoms with Gasteiger partial charge in [-0.1, -0.05) is 121 Å². The Morgan fingerprint density at radius 3 is 1.78 bits per heavy atom. The van der Waals surface area contributed by atoms with E-state index in [1.165, 1.54) is 38.2 Å². The average Bonchev–Trinajstić information content (AvgIpc) is 3.56. The monoisotopic (exact) mass is 638 g/mol. The summed E-state index contributed by atoms with van der Waals surface area (Å²) in [5.74, 6) is 0. The number of pyridine rings is 1. The van der Waals surface area contributed by atoms with E-state index in [4.69, 9.17) is 4.42 Å². The van der Waals surface area contributed by atoms with E-state index in [2.05, 4.69) is 168 Å². The van der Waals surface area contributed by atoms with Gasteiger partial charge in [-0.05, 0) is 97.7 Å². The number of hydrogen-bond donors (Lipinski definition) is 0. The number of anilines is 3. The molecule has 0 radical (unpaired) electrons. The van der Waals surface area contributed by atoms with Crippen molar-refractivity contribution in [3.8, 4) is 22.3 Å². The SMILES string of the molecule is c1ccc(-c2ccc(N(c3ccc(-c4ccc5ccc6ccccc6c5c4)cc3)c3c4cnccc4cc4c3oc3ccccc34)cc2)cc1. The zero-order valence-electron chi connectivity index (χ0n) is 27.1. The Balaban J connectivity index is 1.17. The van der Waals surface area contributed by atoms with E-state index in [0.717, 1.165) is 55.3 Å². The van der Waals surface area contributed by atoms with Gasteiger partial charge in [0.05, 0.1) is 5.69 Å². The minimum absolute atomic E-state index is 0.837. The van der Waals surface area contributed by atoms with E-state index >= 15 is 0 Å². The molecule has 0 fully saturated rings. The minimum Gasteiger partial charge on any atom is -0.454 e. The first-order chi connectivity index (χ1) is 24.8. The molecule has 50 heavy (non-hydrogen) atoms. The van der Waals surface area contributed by atoms with Crippen LogP contribution >= 0.6 is 0 Å². The molecule has 0 saturated carbocycles. The number of rotatable bonds is 5. The predicted octanol–water partition coefficient (Wildman–Crippen LogP) is 13.2. The van der Waals surface area contributed by atoms with Crippen LogP contribution in [-0.4, -0.2) is 4.98 Å². The molecule has 0 N–H and O–H groups in total. The normalized spacial score (nSPS) is 11.6. The lowest BCUT2D eigenvalue weighted by atomic mass is 9.97. The van der Waals surface area contributed by atoms with Gasteiger partial charge in [-0.15, -0.1) is 0 Å². The van der Waals surface area contributed by atoms with Gasteiger partial charge in [0.2, 0.25) is 0 Å². The number of benzene rings is 8. The van der Waals surface area contributed by atoms with Crippen LogP contribution in [0.5, 0.6) is 0 Å². The molecule has 2 heterocycles. The average molecular weight is 639 g/mol. The van der Waals surface area contributed by atoms with Crippen LogP contribution in [0.4, 0.5) is 17.1 Å². The molecule has 8 aromatic carbocycles. The Labute approximate surface area is 289 Å². The summed E-state index contributed by atoms with van der Waals surface area (Å²) < 4.78 is 6.71. The van der Waals surface area contributed by atoms with Crippen LogP contribution in [0.1, 0.15) is 0 Å². The summed E-state index contributed by atoms with van der Waals surface area (Å²) in [6.45, 7) is 0. The molecule has 0 saturated heterocycles. The molecule has 0 spiro atoms. The third kappa shape index (κ3) is 4.63. The molecule has 3 nitrogen and oxygen atoms in total. The van der Waals surface area contributed by atoms with E-state index in [1.807, 2.05) is 24.5 Å². The number of fused-ring (bicyclic) bond motifs is 7. The van der Waals surface area contributed by atoms with Crippen LogP contribution in [-0.2, 0) is 0 Å². The predicted molar refractivity (Wildman–Crippen MR) is 210 cm³/mol. The highest BCUT2D eigenvalue weighted by atomic mass is 16.3. The van der Waals surface area contributed by atoms with E-state index < -0.39 is 0 Å². The molecule has 0 aliphatic carbocycles. The summed E-state index contributed by atoms with van der Waals surface area (Å²) in [5.41, 5.74) is 9.45. The maximum atomic E-state index is 6.71. The fourth-order valence-corrected chi connectivity index (χ4v) is 7.44. The van der Waals surface area contributed by atoms with E-state index in [-0.39, 0.29) is 0 Å². The van der Waals surface area contributed by atoms with Gasteiger partial charge in [-0.25, -0.2) is 0 Å². The lowest BCUT2D eigenvalue weighted by Crippen LogP contribution is -2.11. The highest BCUT2D eigenvalue weighted by molar-refractivity contribution is 6.19. The van der Waals surface area contributed by atoms with Gasteiger partial charge >= 0.3 is 0 Å². The number of aromatic nitrogens is 1. The number of nitrogens with zero attached hydrogens (tertiary/aromatic N) is 2. The highest BCUT2D eigenvalue weighted by Crippen LogP contribution is 2.47. The molecule has 10 rings (SSSR count). The standard InChI is InChI=1S/C47H30N2O/c1-2-8-31(9-3-1)32-18-22-38(23-19-32)49(46-44-30-48-27-26-37(44)29-43-41-12-6-7-13-45(41)50-47(43)46)39-24-20-33(21-25-39)36-17-16-35-15-14-34-10-4-5-11-40(34)42(35)28-36/h1-30H. The van der Waals surface area contributed by atoms with Crippen molar-refractivity contribution in [2.24, 2.45) is 0 Å². The molecular weight excluding hydrogens is 609 g/mol. The Morgan fingerprint density at radius 2 is 1.00 bits per heavy atom. The van der Waals surface area contributed by atoms with Gasteiger partial charge < -0.3 is 9.32 Å². The Hall–Kier alpha value is -6.71. The van der Waals surface area contributed by atoms with Crippen molar-refractivity contribution in [3.05, 3.63) is 182 Å². The van der Waals surface area contributed by atoms with Crippen molar-refractivity contribution in [1.82, 2.24) is 4.98 Å². The zero-order chi connectivity index (χ0) is 33.0. The molecule has 0 unspecified atom stereocenters. The molecule has 234 valence electrons. The summed E-state index contributed by atoms with van der Waals surface area (Å²) in [5, 5.41) is 9.35. The summed E-state index contributed by atoms with van der Waals surface area (Å²) in [6, 6.07) is 60.6. The highest BCUT2D eigenvalue weighted by Gasteiger charge is 2.23. The van der Waals surface area contributed by atoms with Crippen LogP contribution in [0.3, 0.4) is 0 Å². The Kier molecular flexibility index (Phi) is 6.49. The van der Waals surface area contributed by atoms with Gasteiger partial charge in [0.25, 0.3) is 0 Å². The largest absolute Gasteiger partial charge is 0.454 e. The fraction of sp³-hybridized carbons (Fsp3) is 0. The first kappa shape index (κ1) is 28.3. The summed E-state index contributed by atoms with van der Waals surface area (Å²) in [6.07, 6.45) is 3.82. The molecule has 3 heteroatoms. The molecule has 0 aliphatic rings. The first-order valence-electron chi connectivity index (χ1n) is 16.9. The first-order valence-corrected chi connectivity index (χ1v) is 16.9. The van der Waals surface area contributed by atoms with Crippen molar-refractivity contribution >= 4 is 71.3 Å². The molecule has 0 aliphatic heterocycles. The molecular formula is C47H30N2O.